The lowest BCUT2D eigenvalue weighted by Crippen LogP contribution is -2.30. The third-order valence-electron chi connectivity index (χ3n) is 6.14. The van der Waals surface area contributed by atoms with Crippen molar-refractivity contribution in [2.75, 3.05) is 0 Å². The number of thiophene rings is 1. The summed E-state index contributed by atoms with van der Waals surface area (Å²) in [4.78, 5) is 32.0. The number of fused-ring (bicyclic) bond motifs is 1. The summed E-state index contributed by atoms with van der Waals surface area (Å²) in [5.74, 6) is 0.212. The monoisotopic (exact) mass is 424 g/mol. The average molecular weight is 425 g/mol. The molecule has 1 saturated carbocycles. The molecule has 0 unspecified atom stereocenters. The van der Waals surface area contributed by atoms with Gasteiger partial charge in [0.15, 0.2) is 0 Å². The molecule has 0 N–H and O–H groups in total. The van der Waals surface area contributed by atoms with E-state index >= 15 is 0 Å². The minimum atomic E-state index is -0.364. The summed E-state index contributed by atoms with van der Waals surface area (Å²) >= 11 is 1.51. The summed E-state index contributed by atoms with van der Waals surface area (Å²) in [7, 11) is 0. The molecule has 2 atom stereocenters. The van der Waals surface area contributed by atoms with Gasteiger partial charge in [-0.25, -0.2) is 4.98 Å². The quantitative estimate of drug-likeness (QED) is 0.542. The number of rotatable bonds is 4. The van der Waals surface area contributed by atoms with Gasteiger partial charge in [0.1, 0.15) is 17.5 Å². The van der Waals surface area contributed by atoms with E-state index in [2.05, 4.69) is 37.9 Å². The molecule has 30 heavy (non-hydrogen) atoms. The first-order valence-electron chi connectivity index (χ1n) is 10.6. The van der Waals surface area contributed by atoms with E-state index in [9.17, 15) is 9.59 Å². The zero-order valence-electron chi connectivity index (χ0n) is 18.0. The maximum atomic E-state index is 13.3. The van der Waals surface area contributed by atoms with Crippen LogP contribution in [0.5, 0.6) is 0 Å². The molecular formula is C24H28N2O3S. The smallest absolute Gasteiger partial charge is 0.326 e. The highest BCUT2D eigenvalue weighted by molar-refractivity contribution is 7.19. The predicted octanol–water partition coefficient (Wildman–Crippen LogP) is 5.17. The van der Waals surface area contributed by atoms with Crippen molar-refractivity contribution in [2.24, 2.45) is 5.92 Å². The second kappa shape index (κ2) is 8.34. The fraction of sp³-hybridized carbons (Fsp3) is 0.458. The Hall–Kier alpha value is -2.47. The van der Waals surface area contributed by atoms with Crippen LogP contribution in [0.4, 0.5) is 0 Å². The van der Waals surface area contributed by atoms with Crippen molar-refractivity contribution in [3.63, 3.8) is 0 Å². The van der Waals surface area contributed by atoms with Crippen LogP contribution in [0.2, 0.25) is 0 Å². The first-order chi connectivity index (χ1) is 14.3. The Kier molecular flexibility index (Phi) is 5.78. The van der Waals surface area contributed by atoms with E-state index in [0.717, 1.165) is 35.3 Å². The van der Waals surface area contributed by atoms with Gasteiger partial charge in [-0.05, 0) is 62.6 Å². The molecule has 1 fully saturated rings. The highest BCUT2D eigenvalue weighted by atomic mass is 32.1. The number of hydrogen-bond acceptors (Lipinski definition) is 5. The minimum Gasteiger partial charge on any atom is -0.461 e. The summed E-state index contributed by atoms with van der Waals surface area (Å²) in [5.41, 5.74) is 4.13. The lowest BCUT2D eigenvalue weighted by atomic mass is 9.89. The highest BCUT2D eigenvalue weighted by Gasteiger charge is 2.23. The van der Waals surface area contributed by atoms with Crippen LogP contribution in [-0.2, 0) is 16.1 Å². The standard InChI is InChI=1S/C24H28N2O3S/c1-14-6-5-7-19(10-14)29-20(27)12-26-13-25-23-22(24(26)28)21(17(4)30-23)18-9-8-15(2)16(3)11-18/h8-9,11,13-14,19H,5-7,10,12H2,1-4H3/t14-,19+/m0/s1. The number of nitrogens with zero attached hydrogens (tertiary/aromatic N) is 2. The molecule has 2 aromatic heterocycles. The molecule has 4 rings (SSSR count). The number of esters is 1. The van der Waals surface area contributed by atoms with E-state index in [1.54, 1.807) is 0 Å². The van der Waals surface area contributed by atoms with Gasteiger partial charge in [0.2, 0.25) is 0 Å². The molecule has 1 aliphatic carbocycles. The molecule has 2 heterocycles. The van der Waals surface area contributed by atoms with Crippen molar-refractivity contribution in [3.8, 4) is 11.1 Å². The van der Waals surface area contributed by atoms with Crippen molar-refractivity contribution in [1.82, 2.24) is 9.55 Å². The van der Waals surface area contributed by atoms with Gasteiger partial charge in [-0.3, -0.25) is 14.2 Å². The first-order valence-corrected chi connectivity index (χ1v) is 11.4. The van der Waals surface area contributed by atoms with Crippen LogP contribution < -0.4 is 5.56 Å². The number of carbonyl (C=O) groups is 1. The van der Waals surface area contributed by atoms with Crippen molar-refractivity contribution < 1.29 is 9.53 Å². The van der Waals surface area contributed by atoms with Gasteiger partial charge < -0.3 is 4.74 Å². The zero-order valence-corrected chi connectivity index (χ0v) is 18.8. The van der Waals surface area contributed by atoms with Crippen molar-refractivity contribution in [1.29, 1.82) is 0 Å². The SMILES string of the molecule is Cc1ccc(-c2c(C)sc3ncn(CC(=O)O[C@@H]4CCC[C@H](C)C4)c(=O)c23)cc1C. The first kappa shape index (κ1) is 20.8. The summed E-state index contributed by atoms with van der Waals surface area (Å²) in [6, 6.07) is 6.23. The second-order valence-corrected chi connectivity index (χ2v) is 9.78. The molecule has 0 spiro atoms. The van der Waals surface area contributed by atoms with E-state index in [1.165, 1.54) is 39.8 Å². The van der Waals surface area contributed by atoms with Gasteiger partial charge in [0.05, 0.1) is 11.7 Å². The lowest BCUT2D eigenvalue weighted by Gasteiger charge is -2.26. The third kappa shape index (κ3) is 4.06. The fourth-order valence-corrected chi connectivity index (χ4v) is 5.35. The van der Waals surface area contributed by atoms with Crippen molar-refractivity contribution >= 4 is 27.5 Å². The van der Waals surface area contributed by atoms with Gasteiger partial charge in [0, 0.05) is 10.4 Å². The molecular weight excluding hydrogens is 396 g/mol. The Morgan fingerprint density at radius 1 is 1.23 bits per heavy atom. The van der Waals surface area contributed by atoms with E-state index in [1.807, 2.05) is 13.0 Å². The van der Waals surface area contributed by atoms with E-state index < -0.39 is 0 Å². The van der Waals surface area contributed by atoms with Crippen LogP contribution in [0.1, 0.15) is 48.6 Å². The van der Waals surface area contributed by atoms with Gasteiger partial charge in [0.25, 0.3) is 5.56 Å². The minimum absolute atomic E-state index is 0.0388. The molecule has 1 aliphatic rings. The van der Waals surface area contributed by atoms with Gasteiger partial charge in [-0.1, -0.05) is 31.5 Å². The molecule has 158 valence electrons. The number of hydrogen-bond donors (Lipinski definition) is 0. The van der Waals surface area contributed by atoms with Crippen molar-refractivity contribution in [2.45, 2.75) is 66.0 Å². The molecule has 5 nitrogen and oxygen atoms in total. The Balaban J connectivity index is 1.66. The Labute approximate surface area is 180 Å². The van der Waals surface area contributed by atoms with E-state index in [0.29, 0.717) is 16.1 Å². The molecule has 3 aromatic rings. The Bertz CT molecular complexity index is 1160. The van der Waals surface area contributed by atoms with Gasteiger partial charge in [-0.2, -0.15) is 0 Å². The predicted molar refractivity (Wildman–Crippen MR) is 121 cm³/mol. The molecule has 0 saturated heterocycles. The third-order valence-corrected chi connectivity index (χ3v) is 7.15. The molecule has 0 aliphatic heterocycles. The molecule has 0 radical (unpaired) electrons. The molecule has 0 amide bonds. The van der Waals surface area contributed by atoms with Gasteiger partial charge >= 0.3 is 5.97 Å². The number of ether oxygens (including phenoxy) is 1. The Morgan fingerprint density at radius 2 is 2.03 bits per heavy atom. The van der Waals surface area contributed by atoms with E-state index in [4.69, 9.17) is 4.74 Å². The number of carbonyl (C=O) groups excluding carboxylic acids is 1. The normalized spacial score (nSPS) is 19.2. The lowest BCUT2D eigenvalue weighted by molar-refractivity contribution is -0.152. The van der Waals surface area contributed by atoms with Crippen LogP contribution in [0, 0.1) is 26.7 Å². The molecule has 0 bridgehead atoms. The highest BCUT2D eigenvalue weighted by Crippen LogP contribution is 2.36. The fourth-order valence-electron chi connectivity index (χ4n) is 4.34. The van der Waals surface area contributed by atoms with Crippen LogP contribution in [-0.4, -0.2) is 21.6 Å². The van der Waals surface area contributed by atoms with Crippen LogP contribution in [0.25, 0.3) is 21.3 Å². The summed E-state index contributed by atoms with van der Waals surface area (Å²) in [6.45, 7) is 8.24. The van der Waals surface area contributed by atoms with Crippen LogP contribution >= 0.6 is 11.3 Å². The van der Waals surface area contributed by atoms with Gasteiger partial charge in [-0.15, -0.1) is 11.3 Å². The van der Waals surface area contributed by atoms with Crippen LogP contribution in [0.15, 0.2) is 29.3 Å². The summed E-state index contributed by atoms with van der Waals surface area (Å²) < 4.78 is 7.04. The molecule has 6 heteroatoms. The summed E-state index contributed by atoms with van der Waals surface area (Å²) in [5, 5.41) is 0.586. The average Bonchev–Trinajstić information content (AvgIpc) is 3.03. The number of aryl methyl sites for hydroxylation is 3. The van der Waals surface area contributed by atoms with Crippen molar-refractivity contribution in [3.05, 3.63) is 50.9 Å². The van der Waals surface area contributed by atoms with Crippen LogP contribution in [0.3, 0.4) is 0 Å². The summed E-state index contributed by atoms with van der Waals surface area (Å²) in [6.07, 6.45) is 5.51. The maximum Gasteiger partial charge on any atom is 0.326 e. The number of benzene rings is 1. The van der Waals surface area contributed by atoms with E-state index in [-0.39, 0.29) is 24.2 Å². The topological polar surface area (TPSA) is 61.2 Å². The second-order valence-electron chi connectivity index (χ2n) is 8.57. The number of aromatic nitrogens is 2. The molecule has 1 aromatic carbocycles. The Morgan fingerprint density at radius 3 is 2.77 bits per heavy atom. The maximum absolute atomic E-state index is 13.3. The zero-order chi connectivity index (χ0) is 21.4. The largest absolute Gasteiger partial charge is 0.461 e.